The van der Waals surface area contributed by atoms with Crippen molar-refractivity contribution in [3.8, 4) is 0 Å². The average molecular weight is 395 g/mol. The molecule has 2 aromatic rings. The van der Waals surface area contributed by atoms with Gasteiger partial charge < -0.3 is 9.80 Å². The highest BCUT2D eigenvalue weighted by molar-refractivity contribution is 7.12. The summed E-state index contributed by atoms with van der Waals surface area (Å²) in [6.45, 7) is 1.25. The summed E-state index contributed by atoms with van der Waals surface area (Å²) in [6, 6.07) is 8.18. The number of amides is 2. The van der Waals surface area contributed by atoms with Gasteiger partial charge in [-0.1, -0.05) is 23.7 Å². The lowest BCUT2D eigenvalue weighted by Crippen LogP contribution is -2.43. The maximum atomic E-state index is 13.9. The smallest absolute Gasteiger partial charge is 0.263 e. The first-order valence-corrected chi connectivity index (χ1v) is 9.73. The van der Waals surface area contributed by atoms with Crippen LogP contribution in [0, 0.1) is 11.7 Å². The molecule has 1 fully saturated rings. The number of carbonyl (C=O) groups excluding carboxylic acids is 2. The molecule has 1 aromatic carbocycles. The lowest BCUT2D eigenvalue weighted by atomic mass is 9.95. The van der Waals surface area contributed by atoms with Crippen LogP contribution in [0.25, 0.3) is 0 Å². The summed E-state index contributed by atoms with van der Waals surface area (Å²) < 4.78 is 13.9. The third-order valence-corrected chi connectivity index (χ3v) is 5.91. The van der Waals surface area contributed by atoms with Gasteiger partial charge in [0.1, 0.15) is 5.82 Å². The van der Waals surface area contributed by atoms with Gasteiger partial charge in [0.2, 0.25) is 5.91 Å². The summed E-state index contributed by atoms with van der Waals surface area (Å²) in [5.74, 6) is -0.573. The molecule has 0 spiro atoms. The van der Waals surface area contributed by atoms with Crippen LogP contribution < -0.4 is 0 Å². The number of hydrogen-bond donors (Lipinski definition) is 0. The number of nitrogens with zero attached hydrogens (tertiary/aromatic N) is 2. The molecule has 1 aromatic heterocycles. The van der Waals surface area contributed by atoms with Crippen molar-refractivity contribution in [2.75, 3.05) is 20.1 Å². The largest absolute Gasteiger partial charge is 0.341 e. The van der Waals surface area contributed by atoms with Crippen molar-refractivity contribution in [1.29, 1.82) is 0 Å². The van der Waals surface area contributed by atoms with Crippen molar-refractivity contribution in [1.82, 2.24) is 9.80 Å². The Bertz CT molecular complexity index is 769. The van der Waals surface area contributed by atoms with Gasteiger partial charge in [-0.2, -0.15) is 0 Å². The third-order valence-electron chi connectivity index (χ3n) is 4.70. The van der Waals surface area contributed by atoms with E-state index >= 15 is 0 Å². The van der Waals surface area contributed by atoms with Crippen molar-refractivity contribution in [2.45, 2.75) is 19.4 Å². The molecular weight excluding hydrogens is 375 g/mol. The summed E-state index contributed by atoms with van der Waals surface area (Å²) in [6.07, 6.45) is 1.23. The van der Waals surface area contributed by atoms with E-state index in [9.17, 15) is 14.0 Å². The first-order valence-electron chi connectivity index (χ1n) is 8.48. The average Bonchev–Trinajstić information content (AvgIpc) is 3.18. The molecule has 4 nitrogen and oxygen atoms in total. The van der Waals surface area contributed by atoms with Crippen LogP contribution in [0.15, 0.2) is 35.7 Å². The van der Waals surface area contributed by atoms with E-state index in [2.05, 4.69) is 0 Å². The fraction of sp³-hybridized carbons (Fsp3) is 0.368. The molecule has 0 radical (unpaired) electrons. The molecule has 0 saturated carbocycles. The van der Waals surface area contributed by atoms with Gasteiger partial charge >= 0.3 is 0 Å². The van der Waals surface area contributed by atoms with E-state index in [0.717, 1.165) is 4.88 Å². The molecule has 3 rings (SSSR count). The summed E-state index contributed by atoms with van der Waals surface area (Å²) >= 11 is 7.47. The summed E-state index contributed by atoms with van der Waals surface area (Å²) in [5.41, 5.74) is 0.329. The summed E-state index contributed by atoms with van der Waals surface area (Å²) in [5, 5.41) is 2.20. The Morgan fingerprint density at radius 3 is 2.62 bits per heavy atom. The van der Waals surface area contributed by atoms with Crippen LogP contribution in [0.4, 0.5) is 4.39 Å². The molecule has 2 amide bonds. The maximum Gasteiger partial charge on any atom is 0.263 e. The molecule has 1 aliphatic heterocycles. The van der Waals surface area contributed by atoms with Gasteiger partial charge in [-0.3, -0.25) is 9.59 Å². The number of piperidine rings is 1. The zero-order valence-corrected chi connectivity index (χ0v) is 16.0. The molecule has 0 unspecified atom stereocenters. The normalized spacial score (nSPS) is 15.1. The van der Waals surface area contributed by atoms with E-state index in [4.69, 9.17) is 11.6 Å². The first-order chi connectivity index (χ1) is 12.5. The quantitative estimate of drug-likeness (QED) is 0.784. The SMILES string of the molecule is CN(Cc1c(F)cccc1Cl)C(=O)C1CCN(C(=O)c2cccs2)CC1. The number of benzene rings is 1. The van der Waals surface area contributed by atoms with E-state index in [1.807, 2.05) is 17.5 Å². The highest BCUT2D eigenvalue weighted by atomic mass is 35.5. The lowest BCUT2D eigenvalue weighted by molar-refractivity contribution is -0.136. The minimum atomic E-state index is -0.409. The van der Waals surface area contributed by atoms with Gasteiger partial charge in [0.15, 0.2) is 0 Å². The Hall–Kier alpha value is -1.92. The summed E-state index contributed by atoms with van der Waals surface area (Å²) in [7, 11) is 1.66. The van der Waals surface area contributed by atoms with Gasteiger partial charge in [0, 0.05) is 43.2 Å². The van der Waals surface area contributed by atoms with Gasteiger partial charge in [-0.25, -0.2) is 4.39 Å². The van der Waals surface area contributed by atoms with Gasteiger partial charge in [0.25, 0.3) is 5.91 Å². The zero-order chi connectivity index (χ0) is 18.7. The van der Waals surface area contributed by atoms with Crippen LogP contribution in [-0.4, -0.2) is 41.8 Å². The predicted molar refractivity (Wildman–Crippen MR) is 101 cm³/mol. The zero-order valence-electron chi connectivity index (χ0n) is 14.5. The number of thiophene rings is 1. The molecule has 7 heteroatoms. The molecule has 0 aliphatic carbocycles. The number of rotatable bonds is 4. The van der Waals surface area contributed by atoms with Crippen LogP contribution in [0.2, 0.25) is 5.02 Å². The van der Waals surface area contributed by atoms with E-state index in [0.29, 0.717) is 36.5 Å². The standard InChI is InChI=1S/C19H20ClFN2O2S/c1-22(12-14-15(20)4-2-5-16(14)21)18(24)13-7-9-23(10-8-13)19(25)17-6-3-11-26-17/h2-6,11,13H,7-10,12H2,1H3. The van der Waals surface area contributed by atoms with Gasteiger partial charge in [0.05, 0.1) is 4.88 Å². The fourth-order valence-electron chi connectivity index (χ4n) is 3.20. The third kappa shape index (κ3) is 4.07. The Balaban J connectivity index is 1.57. The maximum absolute atomic E-state index is 13.9. The Morgan fingerprint density at radius 2 is 2.00 bits per heavy atom. The second kappa shape index (κ2) is 8.18. The second-order valence-corrected chi connectivity index (χ2v) is 7.79. The minimum Gasteiger partial charge on any atom is -0.341 e. The van der Waals surface area contributed by atoms with Crippen LogP contribution in [0.1, 0.15) is 28.1 Å². The Morgan fingerprint density at radius 1 is 1.27 bits per heavy atom. The van der Waals surface area contributed by atoms with Crippen molar-refractivity contribution < 1.29 is 14.0 Å². The topological polar surface area (TPSA) is 40.6 Å². The highest BCUT2D eigenvalue weighted by Crippen LogP contribution is 2.25. The minimum absolute atomic E-state index is 0.0254. The highest BCUT2D eigenvalue weighted by Gasteiger charge is 2.30. The van der Waals surface area contributed by atoms with E-state index in [-0.39, 0.29) is 24.3 Å². The van der Waals surface area contributed by atoms with Gasteiger partial charge in [-0.05, 0) is 36.4 Å². The van der Waals surface area contributed by atoms with E-state index in [1.165, 1.54) is 22.3 Å². The molecule has 0 bridgehead atoms. The molecule has 138 valence electrons. The molecule has 1 aliphatic rings. The fourth-order valence-corrected chi connectivity index (χ4v) is 4.11. The van der Waals surface area contributed by atoms with Crippen LogP contribution in [0.3, 0.4) is 0 Å². The van der Waals surface area contributed by atoms with E-state index in [1.54, 1.807) is 24.1 Å². The lowest BCUT2D eigenvalue weighted by Gasteiger charge is -2.33. The van der Waals surface area contributed by atoms with Crippen molar-refractivity contribution in [3.63, 3.8) is 0 Å². The van der Waals surface area contributed by atoms with Crippen molar-refractivity contribution >= 4 is 34.8 Å². The molecule has 0 N–H and O–H groups in total. The van der Waals surface area contributed by atoms with Gasteiger partial charge in [-0.15, -0.1) is 11.3 Å². The van der Waals surface area contributed by atoms with Crippen LogP contribution in [-0.2, 0) is 11.3 Å². The molecule has 26 heavy (non-hydrogen) atoms. The Labute approximate surface area is 161 Å². The molecular formula is C19H20ClFN2O2S. The monoisotopic (exact) mass is 394 g/mol. The van der Waals surface area contributed by atoms with Crippen LogP contribution in [0.5, 0.6) is 0 Å². The van der Waals surface area contributed by atoms with E-state index < -0.39 is 5.82 Å². The Kier molecular flexibility index (Phi) is 5.94. The number of likely N-dealkylation sites (tertiary alicyclic amines) is 1. The number of carbonyl (C=O) groups is 2. The number of hydrogen-bond acceptors (Lipinski definition) is 3. The molecule has 1 saturated heterocycles. The summed E-state index contributed by atoms with van der Waals surface area (Å²) in [4.78, 5) is 29.1. The predicted octanol–water partition coefficient (Wildman–Crippen LogP) is 4.05. The number of halogens is 2. The van der Waals surface area contributed by atoms with Crippen molar-refractivity contribution in [3.05, 3.63) is 57.0 Å². The van der Waals surface area contributed by atoms with Crippen molar-refractivity contribution in [2.24, 2.45) is 5.92 Å². The molecule has 2 heterocycles. The first kappa shape index (κ1) is 18.9. The second-order valence-electron chi connectivity index (χ2n) is 6.44. The van der Waals surface area contributed by atoms with Crippen LogP contribution >= 0.6 is 22.9 Å². The molecule has 0 atom stereocenters.